The molecule has 0 saturated carbocycles. The van der Waals surface area contributed by atoms with Crippen LogP contribution in [0.4, 0.5) is 0 Å². The van der Waals surface area contributed by atoms with E-state index in [2.05, 4.69) is 17.2 Å². The van der Waals surface area contributed by atoms with Crippen molar-refractivity contribution in [3.8, 4) is 11.3 Å². The van der Waals surface area contributed by atoms with Gasteiger partial charge in [-0.05, 0) is 13.3 Å². The SMILES string of the molecule is CC[C@H](C)NC(=O)CSc1nc(-c2ccccc2)cs1. The summed E-state index contributed by atoms with van der Waals surface area (Å²) in [5.41, 5.74) is 2.08. The van der Waals surface area contributed by atoms with Crippen molar-refractivity contribution >= 4 is 29.0 Å². The highest BCUT2D eigenvalue weighted by Gasteiger charge is 2.09. The zero-order valence-corrected chi connectivity index (χ0v) is 13.3. The second-order valence-electron chi connectivity index (χ2n) is 4.53. The quantitative estimate of drug-likeness (QED) is 0.825. The minimum absolute atomic E-state index is 0.0702. The van der Waals surface area contributed by atoms with Gasteiger partial charge >= 0.3 is 0 Å². The monoisotopic (exact) mass is 306 g/mol. The van der Waals surface area contributed by atoms with Crippen molar-refractivity contribution < 1.29 is 4.79 Å². The van der Waals surface area contributed by atoms with Crippen LogP contribution in [0.5, 0.6) is 0 Å². The minimum atomic E-state index is 0.0702. The van der Waals surface area contributed by atoms with Gasteiger partial charge in [-0.2, -0.15) is 0 Å². The zero-order valence-electron chi connectivity index (χ0n) is 11.6. The first-order chi connectivity index (χ1) is 9.69. The van der Waals surface area contributed by atoms with Crippen LogP contribution in [0.3, 0.4) is 0 Å². The van der Waals surface area contributed by atoms with Crippen LogP contribution in [0.25, 0.3) is 11.3 Å². The molecule has 1 atom stereocenters. The Morgan fingerprint density at radius 1 is 1.40 bits per heavy atom. The molecule has 0 fully saturated rings. The van der Waals surface area contributed by atoms with Crippen molar-refractivity contribution in [3.05, 3.63) is 35.7 Å². The molecule has 20 heavy (non-hydrogen) atoms. The van der Waals surface area contributed by atoms with Crippen molar-refractivity contribution in [1.82, 2.24) is 10.3 Å². The number of rotatable bonds is 6. The molecule has 0 saturated heterocycles. The van der Waals surface area contributed by atoms with E-state index < -0.39 is 0 Å². The molecule has 106 valence electrons. The molecule has 0 aliphatic rings. The summed E-state index contributed by atoms with van der Waals surface area (Å²) in [6.45, 7) is 4.07. The Hall–Kier alpha value is -1.33. The summed E-state index contributed by atoms with van der Waals surface area (Å²) in [7, 11) is 0. The van der Waals surface area contributed by atoms with Gasteiger partial charge in [0.05, 0.1) is 11.4 Å². The lowest BCUT2D eigenvalue weighted by molar-refractivity contribution is -0.119. The minimum Gasteiger partial charge on any atom is -0.353 e. The van der Waals surface area contributed by atoms with Crippen LogP contribution in [0, 0.1) is 0 Å². The summed E-state index contributed by atoms with van der Waals surface area (Å²) in [6, 6.07) is 10.3. The molecule has 1 aromatic heterocycles. The number of thiazole rings is 1. The summed E-state index contributed by atoms with van der Waals surface area (Å²) in [5.74, 6) is 0.493. The third-order valence-electron chi connectivity index (χ3n) is 2.90. The predicted molar refractivity (Wildman–Crippen MR) is 86.2 cm³/mol. The first-order valence-electron chi connectivity index (χ1n) is 6.62. The van der Waals surface area contributed by atoms with Gasteiger partial charge in [0.1, 0.15) is 0 Å². The van der Waals surface area contributed by atoms with E-state index in [9.17, 15) is 4.79 Å². The van der Waals surface area contributed by atoms with Crippen LogP contribution >= 0.6 is 23.1 Å². The molecule has 1 heterocycles. The summed E-state index contributed by atoms with van der Waals surface area (Å²) < 4.78 is 0.933. The summed E-state index contributed by atoms with van der Waals surface area (Å²) in [6.07, 6.45) is 0.950. The van der Waals surface area contributed by atoms with E-state index >= 15 is 0 Å². The molecule has 0 spiro atoms. The van der Waals surface area contributed by atoms with E-state index in [1.807, 2.05) is 42.6 Å². The van der Waals surface area contributed by atoms with E-state index in [-0.39, 0.29) is 11.9 Å². The molecule has 3 nitrogen and oxygen atoms in total. The normalized spacial score (nSPS) is 12.1. The fourth-order valence-corrected chi connectivity index (χ4v) is 3.26. The van der Waals surface area contributed by atoms with Crippen molar-refractivity contribution in [1.29, 1.82) is 0 Å². The lowest BCUT2D eigenvalue weighted by Crippen LogP contribution is -2.33. The molecule has 2 aromatic rings. The molecule has 2 rings (SSSR count). The summed E-state index contributed by atoms with van der Waals surface area (Å²) in [4.78, 5) is 16.3. The van der Waals surface area contributed by atoms with Gasteiger partial charge in [-0.1, -0.05) is 49.0 Å². The number of hydrogen-bond acceptors (Lipinski definition) is 4. The highest BCUT2D eigenvalue weighted by Crippen LogP contribution is 2.27. The average molecular weight is 306 g/mol. The van der Waals surface area contributed by atoms with E-state index in [1.165, 1.54) is 11.8 Å². The first kappa shape index (κ1) is 15.1. The maximum absolute atomic E-state index is 11.7. The van der Waals surface area contributed by atoms with Crippen molar-refractivity contribution in [2.24, 2.45) is 0 Å². The van der Waals surface area contributed by atoms with Crippen LogP contribution in [-0.4, -0.2) is 22.7 Å². The average Bonchev–Trinajstić information content (AvgIpc) is 2.95. The molecule has 0 aliphatic heterocycles. The predicted octanol–water partition coefficient (Wildman–Crippen LogP) is 3.82. The molecule has 5 heteroatoms. The molecule has 0 bridgehead atoms. The molecular weight excluding hydrogens is 288 g/mol. The number of amides is 1. The van der Waals surface area contributed by atoms with Crippen LogP contribution in [0.15, 0.2) is 40.1 Å². The molecular formula is C15H18N2OS2. The third-order valence-corrected chi connectivity index (χ3v) is 4.92. The van der Waals surface area contributed by atoms with E-state index in [0.29, 0.717) is 5.75 Å². The van der Waals surface area contributed by atoms with Gasteiger partial charge in [0.2, 0.25) is 5.91 Å². The lowest BCUT2D eigenvalue weighted by Gasteiger charge is -2.10. The number of hydrogen-bond donors (Lipinski definition) is 1. The van der Waals surface area contributed by atoms with Crippen LogP contribution in [0.1, 0.15) is 20.3 Å². The maximum atomic E-state index is 11.7. The van der Waals surface area contributed by atoms with Gasteiger partial charge in [-0.3, -0.25) is 4.79 Å². The Balaban J connectivity index is 1.89. The van der Waals surface area contributed by atoms with Gasteiger partial charge in [-0.15, -0.1) is 11.3 Å². The number of nitrogens with zero attached hydrogens (tertiary/aromatic N) is 1. The fraction of sp³-hybridized carbons (Fsp3) is 0.333. The van der Waals surface area contributed by atoms with Gasteiger partial charge in [0.25, 0.3) is 0 Å². The number of aromatic nitrogens is 1. The van der Waals surface area contributed by atoms with Crippen molar-refractivity contribution in [2.75, 3.05) is 5.75 Å². The standard InChI is InChI=1S/C15H18N2OS2/c1-3-11(2)16-14(18)10-20-15-17-13(9-19-15)12-7-5-4-6-8-12/h4-9,11H,3,10H2,1-2H3,(H,16,18)/t11-/m0/s1. The maximum Gasteiger partial charge on any atom is 0.230 e. The molecule has 0 aliphatic carbocycles. The van der Waals surface area contributed by atoms with Crippen molar-refractivity contribution in [2.45, 2.75) is 30.6 Å². The molecule has 1 aromatic carbocycles. The Morgan fingerprint density at radius 3 is 2.85 bits per heavy atom. The third kappa shape index (κ3) is 4.35. The molecule has 1 amide bonds. The zero-order chi connectivity index (χ0) is 14.4. The molecule has 0 unspecified atom stereocenters. The highest BCUT2D eigenvalue weighted by molar-refractivity contribution is 8.01. The number of benzene rings is 1. The Morgan fingerprint density at radius 2 is 2.15 bits per heavy atom. The van der Waals surface area contributed by atoms with E-state index in [4.69, 9.17) is 0 Å². The van der Waals surface area contributed by atoms with Gasteiger partial charge in [0, 0.05) is 17.0 Å². The Bertz CT molecular complexity index is 554. The Labute approximate surface area is 127 Å². The number of thioether (sulfide) groups is 1. The van der Waals surface area contributed by atoms with Gasteiger partial charge < -0.3 is 5.32 Å². The van der Waals surface area contributed by atoms with Crippen LogP contribution in [0.2, 0.25) is 0 Å². The lowest BCUT2D eigenvalue weighted by atomic mass is 10.2. The van der Waals surface area contributed by atoms with Crippen LogP contribution in [-0.2, 0) is 4.79 Å². The topological polar surface area (TPSA) is 42.0 Å². The highest BCUT2D eigenvalue weighted by atomic mass is 32.2. The first-order valence-corrected chi connectivity index (χ1v) is 8.48. The summed E-state index contributed by atoms with van der Waals surface area (Å²) >= 11 is 3.07. The second kappa shape index (κ2) is 7.45. The van der Waals surface area contributed by atoms with E-state index in [0.717, 1.165) is 22.0 Å². The molecule has 0 radical (unpaired) electrons. The van der Waals surface area contributed by atoms with Crippen molar-refractivity contribution in [3.63, 3.8) is 0 Å². The van der Waals surface area contributed by atoms with E-state index in [1.54, 1.807) is 11.3 Å². The van der Waals surface area contributed by atoms with Gasteiger partial charge in [-0.25, -0.2) is 4.98 Å². The van der Waals surface area contributed by atoms with Gasteiger partial charge in [0.15, 0.2) is 4.34 Å². The number of carbonyl (C=O) groups excluding carboxylic acids is 1. The molecule has 1 N–H and O–H groups in total. The largest absolute Gasteiger partial charge is 0.353 e. The smallest absolute Gasteiger partial charge is 0.230 e. The number of nitrogens with one attached hydrogen (secondary N) is 1. The fourth-order valence-electron chi connectivity index (χ4n) is 1.61. The Kier molecular flexibility index (Phi) is 5.61. The van der Waals surface area contributed by atoms with Crippen LogP contribution < -0.4 is 5.32 Å². The second-order valence-corrected chi connectivity index (χ2v) is 6.61. The number of carbonyl (C=O) groups is 1. The summed E-state index contributed by atoms with van der Waals surface area (Å²) in [5, 5.41) is 4.99.